The van der Waals surface area contributed by atoms with Gasteiger partial charge in [0.1, 0.15) is 5.82 Å². The predicted molar refractivity (Wildman–Crippen MR) is 129 cm³/mol. The normalized spacial score (nSPS) is 23.1. The van der Waals surface area contributed by atoms with E-state index in [4.69, 9.17) is 4.98 Å². The van der Waals surface area contributed by atoms with Crippen LogP contribution in [0.2, 0.25) is 0 Å². The average Bonchev–Trinajstić information content (AvgIpc) is 2.80. The van der Waals surface area contributed by atoms with E-state index >= 15 is 0 Å². The SMILES string of the molecule is CCCC(C)Cc1ncc2c(=O)n(C3CCN(C(C)=O)CC3)cc(C3CCC(O)CC3)c2n1. The average molecular weight is 455 g/mol. The van der Waals surface area contributed by atoms with Crippen LogP contribution in [0.15, 0.2) is 17.2 Å². The first kappa shape index (κ1) is 23.9. The van der Waals surface area contributed by atoms with Crippen molar-refractivity contribution in [1.82, 2.24) is 19.4 Å². The molecule has 2 aromatic rings. The zero-order valence-electron chi connectivity index (χ0n) is 20.3. The fraction of sp³-hybridized carbons (Fsp3) is 0.692. The molecule has 2 aliphatic rings. The first-order chi connectivity index (χ1) is 15.9. The fourth-order valence-electron chi connectivity index (χ4n) is 5.62. The van der Waals surface area contributed by atoms with Gasteiger partial charge < -0.3 is 14.6 Å². The van der Waals surface area contributed by atoms with Gasteiger partial charge >= 0.3 is 0 Å². The molecule has 1 saturated heterocycles. The van der Waals surface area contributed by atoms with E-state index in [-0.39, 0.29) is 29.5 Å². The van der Waals surface area contributed by atoms with Crippen molar-refractivity contribution in [1.29, 1.82) is 0 Å². The summed E-state index contributed by atoms with van der Waals surface area (Å²) >= 11 is 0. The first-order valence-electron chi connectivity index (χ1n) is 12.7. The third kappa shape index (κ3) is 5.29. The van der Waals surface area contributed by atoms with Gasteiger partial charge in [-0.25, -0.2) is 9.97 Å². The number of pyridine rings is 1. The number of rotatable bonds is 6. The molecule has 2 aromatic heterocycles. The molecule has 7 heteroatoms. The number of carbonyl (C=O) groups excluding carboxylic acids is 1. The smallest absolute Gasteiger partial charge is 0.261 e. The van der Waals surface area contributed by atoms with Gasteiger partial charge in [0.15, 0.2) is 0 Å². The van der Waals surface area contributed by atoms with Crippen LogP contribution in [0.1, 0.15) is 95.5 Å². The maximum Gasteiger partial charge on any atom is 0.261 e. The molecule has 1 amide bonds. The van der Waals surface area contributed by atoms with Crippen LogP contribution in [0.4, 0.5) is 0 Å². The highest BCUT2D eigenvalue weighted by Crippen LogP contribution is 2.36. The highest BCUT2D eigenvalue weighted by Gasteiger charge is 2.28. The topological polar surface area (TPSA) is 88.3 Å². The Bertz CT molecular complexity index is 1030. The first-order valence-corrected chi connectivity index (χ1v) is 12.7. The predicted octanol–water partition coefficient (Wildman–Crippen LogP) is 3.97. The number of piperidine rings is 1. The second-order valence-electron chi connectivity index (χ2n) is 10.2. The van der Waals surface area contributed by atoms with E-state index in [2.05, 4.69) is 18.8 Å². The Morgan fingerprint density at radius 2 is 1.88 bits per heavy atom. The molecule has 2 fully saturated rings. The minimum absolute atomic E-state index is 0.0287. The van der Waals surface area contributed by atoms with E-state index in [9.17, 15) is 14.7 Å². The molecule has 33 heavy (non-hydrogen) atoms. The van der Waals surface area contributed by atoms with Crippen molar-refractivity contribution in [2.24, 2.45) is 5.92 Å². The Labute approximate surface area is 196 Å². The molecule has 1 N–H and O–H groups in total. The molecular formula is C26H38N4O3. The monoisotopic (exact) mass is 454 g/mol. The third-order valence-corrected chi connectivity index (χ3v) is 7.61. The van der Waals surface area contributed by atoms with E-state index in [1.807, 2.05) is 15.7 Å². The quantitative estimate of drug-likeness (QED) is 0.713. The van der Waals surface area contributed by atoms with Gasteiger partial charge in [-0.1, -0.05) is 26.7 Å². The number of nitrogens with zero attached hydrogens (tertiary/aromatic N) is 4. The molecule has 0 aromatic carbocycles. The zero-order chi connectivity index (χ0) is 23.5. The number of amides is 1. The van der Waals surface area contributed by atoms with Crippen LogP contribution < -0.4 is 5.56 Å². The molecule has 1 aliphatic carbocycles. The van der Waals surface area contributed by atoms with Crippen molar-refractivity contribution >= 4 is 16.8 Å². The molecule has 4 rings (SSSR count). The van der Waals surface area contributed by atoms with Gasteiger partial charge in [0, 0.05) is 44.9 Å². The van der Waals surface area contributed by atoms with Gasteiger partial charge in [-0.15, -0.1) is 0 Å². The van der Waals surface area contributed by atoms with E-state index in [1.54, 1.807) is 13.1 Å². The highest BCUT2D eigenvalue weighted by molar-refractivity contribution is 5.80. The van der Waals surface area contributed by atoms with Crippen LogP contribution >= 0.6 is 0 Å². The van der Waals surface area contributed by atoms with E-state index < -0.39 is 0 Å². The summed E-state index contributed by atoms with van der Waals surface area (Å²) in [5.41, 5.74) is 1.89. The molecule has 1 atom stereocenters. The number of carbonyl (C=O) groups is 1. The van der Waals surface area contributed by atoms with E-state index in [1.165, 1.54) is 0 Å². The Morgan fingerprint density at radius 3 is 2.52 bits per heavy atom. The summed E-state index contributed by atoms with van der Waals surface area (Å²) in [6.07, 6.45) is 11.6. The lowest BCUT2D eigenvalue weighted by Gasteiger charge is -2.33. The van der Waals surface area contributed by atoms with Crippen LogP contribution in [0.3, 0.4) is 0 Å². The van der Waals surface area contributed by atoms with Crippen LogP contribution in [0.5, 0.6) is 0 Å². The van der Waals surface area contributed by atoms with Gasteiger partial charge in [-0.05, 0) is 55.9 Å². The van der Waals surface area contributed by atoms with Crippen molar-refractivity contribution in [2.75, 3.05) is 13.1 Å². The summed E-state index contributed by atoms with van der Waals surface area (Å²) in [5, 5.41) is 10.6. The van der Waals surface area contributed by atoms with E-state index in [0.717, 1.165) is 74.7 Å². The van der Waals surface area contributed by atoms with Gasteiger partial charge in [0.2, 0.25) is 5.91 Å². The molecule has 1 unspecified atom stereocenters. The molecule has 0 radical (unpaired) electrons. The minimum atomic E-state index is -0.227. The largest absolute Gasteiger partial charge is 0.393 e. The van der Waals surface area contributed by atoms with Gasteiger partial charge in [-0.3, -0.25) is 9.59 Å². The lowest BCUT2D eigenvalue weighted by Crippen LogP contribution is -2.40. The third-order valence-electron chi connectivity index (χ3n) is 7.61. The molecule has 1 saturated carbocycles. The number of aliphatic hydroxyl groups is 1. The maximum absolute atomic E-state index is 13.5. The Kier molecular flexibility index (Phi) is 7.47. The lowest BCUT2D eigenvalue weighted by atomic mass is 9.82. The summed E-state index contributed by atoms with van der Waals surface area (Å²) in [6.45, 7) is 7.39. The van der Waals surface area contributed by atoms with Crippen molar-refractivity contribution in [3.05, 3.63) is 34.1 Å². The van der Waals surface area contributed by atoms with Crippen LogP contribution in [-0.4, -0.2) is 49.6 Å². The summed E-state index contributed by atoms with van der Waals surface area (Å²) in [7, 11) is 0. The number of aromatic nitrogens is 3. The number of likely N-dealkylation sites (tertiary alicyclic amines) is 1. The second kappa shape index (κ2) is 10.3. The number of hydrogen-bond donors (Lipinski definition) is 1. The molecule has 1 aliphatic heterocycles. The van der Waals surface area contributed by atoms with Crippen molar-refractivity contribution in [2.45, 2.75) is 96.6 Å². The van der Waals surface area contributed by atoms with Crippen molar-refractivity contribution in [3.8, 4) is 0 Å². The fourth-order valence-corrected chi connectivity index (χ4v) is 5.62. The molecule has 0 spiro atoms. The maximum atomic E-state index is 13.5. The summed E-state index contributed by atoms with van der Waals surface area (Å²) in [6, 6.07) is 0.0784. The summed E-state index contributed by atoms with van der Waals surface area (Å²) in [4.78, 5) is 36.7. The number of fused-ring (bicyclic) bond motifs is 1. The van der Waals surface area contributed by atoms with Crippen LogP contribution in [0.25, 0.3) is 10.9 Å². The summed E-state index contributed by atoms with van der Waals surface area (Å²) < 4.78 is 1.89. The number of aliphatic hydroxyl groups excluding tert-OH is 1. The molecule has 180 valence electrons. The van der Waals surface area contributed by atoms with Crippen LogP contribution in [0, 0.1) is 5.92 Å². The van der Waals surface area contributed by atoms with Crippen molar-refractivity contribution in [3.63, 3.8) is 0 Å². The van der Waals surface area contributed by atoms with Gasteiger partial charge in [-0.2, -0.15) is 0 Å². The van der Waals surface area contributed by atoms with E-state index in [0.29, 0.717) is 24.4 Å². The standard InChI is InChI=1S/C26H38N4O3/c1-4-5-17(2)14-24-27-15-22-25(28-24)23(19-6-8-21(32)9-7-19)16-30(26(22)33)20-10-12-29(13-11-20)18(3)31/h15-17,19-21,32H,4-14H2,1-3H3. The van der Waals surface area contributed by atoms with Gasteiger partial charge in [0.25, 0.3) is 5.56 Å². The van der Waals surface area contributed by atoms with Crippen LogP contribution in [-0.2, 0) is 11.2 Å². The minimum Gasteiger partial charge on any atom is -0.393 e. The molecular weight excluding hydrogens is 416 g/mol. The van der Waals surface area contributed by atoms with Gasteiger partial charge in [0.05, 0.1) is 17.0 Å². The molecule has 0 bridgehead atoms. The van der Waals surface area contributed by atoms with Crippen molar-refractivity contribution < 1.29 is 9.90 Å². The second-order valence-corrected chi connectivity index (χ2v) is 10.2. The lowest BCUT2D eigenvalue weighted by molar-refractivity contribution is -0.130. The Hall–Kier alpha value is -2.28. The summed E-state index contributed by atoms with van der Waals surface area (Å²) in [5.74, 6) is 1.70. The highest BCUT2D eigenvalue weighted by atomic mass is 16.3. The zero-order valence-corrected chi connectivity index (χ0v) is 20.3. The molecule has 3 heterocycles. The Balaban J connectivity index is 1.73. The Morgan fingerprint density at radius 1 is 1.18 bits per heavy atom. The molecule has 7 nitrogen and oxygen atoms in total. The number of hydrogen-bond acceptors (Lipinski definition) is 5.